The number of unbranched alkanes of at least 4 members (excludes halogenated alkanes) is 1. The molecule has 1 atom stereocenters. The molecule has 0 heterocycles. The maximum Gasteiger partial charge on any atom is 0.224 e. The highest BCUT2D eigenvalue weighted by molar-refractivity contribution is 5.78. The summed E-state index contributed by atoms with van der Waals surface area (Å²) in [6.07, 6.45) is 8.49. The first-order valence-electron chi connectivity index (χ1n) is 5.17. The predicted molar refractivity (Wildman–Crippen MR) is 58.5 cm³/mol. The van der Waals surface area contributed by atoms with Gasteiger partial charge in [0, 0.05) is 19.5 Å². The normalized spacial score (nSPS) is 11.8. The van der Waals surface area contributed by atoms with E-state index in [1.165, 1.54) is 0 Å². The van der Waals surface area contributed by atoms with Gasteiger partial charge in [0.05, 0.1) is 5.92 Å². The first kappa shape index (κ1) is 13.0. The molecule has 0 aliphatic carbocycles. The Labute approximate surface area is 86.4 Å². The highest BCUT2D eigenvalue weighted by Crippen LogP contribution is 2.04. The van der Waals surface area contributed by atoms with Crippen LogP contribution < -0.4 is 11.1 Å². The molecule has 80 valence electrons. The zero-order valence-electron chi connectivity index (χ0n) is 8.88. The second-order valence-electron chi connectivity index (χ2n) is 3.32. The van der Waals surface area contributed by atoms with Crippen LogP contribution in [-0.2, 0) is 4.79 Å². The van der Waals surface area contributed by atoms with Gasteiger partial charge in [-0.05, 0) is 12.8 Å². The van der Waals surface area contributed by atoms with Gasteiger partial charge in [-0.25, -0.2) is 0 Å². The average molecular weight is 196 g/mol. The van der Waals surface area contributed by atoms with E-state index >= 15 is 0 Å². The molecule has 0 saturated heterocycles. The number of carbonyl (C=O) groups is 1. The number of nitrogens with two attached hydrogens (primary N) is 1. The quantitative estimate of drug-likeness (QED) is 0.469. The van der Waals surface area contributed by atoms with Crippen molar-refractivity contribution in [3.05, 3.63) is 0 Å². The smallest absolute Gasteiger partial charge is 0.224 e. The number of rotatable bonds is 7. The fourth-order valence-electron chi connectivity index (χ4n) is 1.25. The SMILES string of the molecule is C#CCCCNC(=O)C(CN)CCC. The highest BCUT2D eigenvalue weighted by atomic mass is 16.1. The fraction of sp³-hybridized carbons (Fsp3) is 0.727. The van der Waals surface area contributed by atoms with Crippen molar-refractivity contribution in [1.29, 1.82) is 0 Å². The largest absolute Gasteiger partial charge is 0.356 e. The Morgan fingerprint density at radius 1 is 1.64 bits per heavy atom. The van der Waals surface area contributed by atoms with Crippen molar-refractivity contribution in [2.24, 2.45) is 11.7 Å². The first-order chi connectivity index (χ1) is 6.76. The molecule has 14 heavy (non-hydrogen) atoms. The van der Waals surface area contributed by atoms with Crippen molar-refractivity contribution < 1.29 is 4.79 Å². The molecular formula is C11H20N2O. The molecule has 0 aliphatic heterocycles. The maximum atomic E-state index is 11.5. The third-order valence-corrected chi connectivity index (χ3v) is 2.09. The van der Waals surface area contributed by atoms with Crippen LogP contribution in [0, 0.1) is 18.3 Å². The number of amides is 1. The van der Waals surface area contributed by atoms with Crippen molar-refractivity contribution in [1.82, 2.24) is 5.32 Å². The van der Waals surface area contributed by atoms with Gasteiger partial charge in [-0.2, -0.15) is 0 Å². The summed E-state index contributed by atoms with van der Waals surface area (Å²) in [7, 11) is 0. The van der Waals surface area contributed by atoms with Gasteiger partial charge >= 0.3 is 0 Å². The molecule has 0 fully saturated rings. The number of hydrogen-bond donors (Lipinski definition) is 2. The number of hydrogen-bond acceptors (Lipinski definition) is 2. The summed E-state index contributed by atoms with van der Waals surface area (Å²) in [5.74, 6) is 2.56. The van der Waals surface area contributed by atoms with E-state index in [2.05, 4.69) is 11.2 Å². The Morgan fingerprint density at radius 3 is 2.86 bits per heavy atom. The van der Waals surface area contributed by atoms with E-state index in [0.29, 0.717) is 19.5 Å². The Morgan fingerprint density at radius 2 is 2.36 bits per heavy atom. The van der Waals surface area contributed by atoms with E-state index in [0.717, 1.165) is 19.3 Å². The number of terminal acetylenes is 1. The number of nitrogens with one attached hydrogen (secondary N) is 1. The van der Waals surface area contributed by atoms with Crippen molar-refractivity contribution in [2.45, 2.75) is 32.6 Å². The third kappa shape index (κ3) is 5.60. The van der Waals surface area contributed by atoms with Crippen LogP contribution in [0.25, 0.3) is 0 Å². The summed E-state index contributed by atoms with van der Waals surface area (Å²) in [4.78, 5) is 11.5. The molecule has 3 nitrogen and oxygen atoms in total. The highest BCUT2D eigenvalue weighted by Gasteiger charge is 2.14. The minimum absolute atomic E-state index is 0.0363. The van der Waals surface area contributed by atoms with Crippen molar-refractivity contribution in [3.63, 3.8) is 0 Å². The topological polar surface area (TPSA) is 55.1 Å². The average Bonchev–Trinajstić information content (AvgIpc) is 2.20. The minimum atomic E-state index is -0.0363. The van der Waals surface area contributed by atoms with Crippen LogP contribution in [0.1, 0.15) is 32.6 Å². The van der Waals surface area contributed by atoms with Crippen molar-refractivity contribution >= 4 is 5.91 Å². The predicted octanol–water partition coefficient (Wildman–Crippen LogP) is 0.891. The van der Waals surface area contributed by atoms with Gasteiger partial charge in [0.15, 0.2) is 0 Å². The van der Waals surface area contributed by atoms with Gasteiger partial charge in [0.25, 0.3) is 0 Å². The molecular weight excluding hydrogens is 176 g/mol. The summed E-state index contributed by atoms with van der Waals surface area (Å²) >= 11 is 0. The fourth-order valence-corrected chi connectivity index (χ4v) is 1.25. The standard InChI is InChI=1S/C11H20N2O/c1-3-5-6-8-13-11(14)10(9-12)7-4-2/h1,10H,4-9,12H2,2H3,(H,13,14). The molecule has 0 spiro atoms. The lowest BCUT2D eigenvalue weighted by molar-refractivity contribution is -0.124. The molecule has 0 bridgehead atoms. The van der Waals surface area contributed by atoms with E-state index < -0.39 is 0 Å². The zero-order chi connectivity index (χ0) is 10.8. The summed E-state index contributed by atoms with van der Waals surface area (Å²) in [6.45, 7) is 3.13. The molecule has 0 aromatic carbocycles. The van der Waals surface area contributed by atoms with Crippen molar-refractivity contribution in [3.8, 4) is 12.3 Å². The monoisotopic (exact) mass is 196 g/mol. The molecule has 3 N–H and O–H groups in total. The van der Waals surface area contributed by atoms with E-state index in [9.17, 15) is 4.79 Å². The summed E-state index contributed by atoms with van der Waals surface area (Å²) in [5.41, 5.74) is 5.50. The third-order valence-electron chi connectivity index (χ3n) is 2.09. The van der Waals surface area contributed by atoms with Gasteiger partial charge in [-0.3, -0.25) is 4.79 Å². The summed E-state index contributed by atoms with van der Waals surface area (Å²) < 4.78 is 0. The minimum Gasteiger partial charge on any atom is -0.356 e. The van der Waals surface area contributed by atoms with Gasteiger partial charge in [-0.1, -0.05) is 13.3 Å². The van der Waals surface area contributed by atoms with Gasteiger partial charge < -0.3 is 11.1 Å². The van der Waals surface area contributed by atoms with Crippen LogP contribution in [0.2, 0.25) is 0 Å². The molecule has 0 aliphatic rings. The van der Waals surface area contributed by atoms with Crippen LogP contribution in [-0.4, -0.2) is 19.0 Å². The van der Waals surface area contributed by atoms with E-state index in [1.807, 2.05) is 6.92 Å². The van der Waals surface area contributed by atoms with Gasteiger partial charge in [0.1, 0.15) is 0 Å². The molecule has 3 heteroatoms. The Kier molecular flexibility index (Phi) is 7.96. The van der Waals surface area contributed by atoms with E-state index in [1.54, 1.807) is 0 Å². The second kappa shape index (κ2) is 8.58. The zero-order valence-corrected chi connectivity index (χ0v) is 8.88. The second-order valence-corrected chi connectivity index (χ2v) is 3.32. The maximum absolute atomic E-state index is 11.5. The van der Waals surface area contributed by atoms with Crippen LogP contribution in [0.3, 0.4) is 0 Å². The first-order valence-corrected chi connectivity index (χ1v) is 5.17. The number of carbonyl (C=O) groups excluding carboxylic acids is 1. The molecule has 0 radical (unpaired) electrons. The van der Waals surface area contributed by atoms with Gasteiger partial charge in [-0.15, -0.1) is 12.3 Å². The lowest BCUT2D eigenvalue weighted by Crippen LogP contribution is -2.35. The van der Waals surface area contributed by atoms with Crippen LogP contribution in [0.5, 0.6) is 0 Å². The Hall–Kier alpha value is -1.01. The summed E-state index contributed by atoms with van der Waals surface area (Å²) in [6, 6.07) is 0. The molecule has 1 unspecified atom stereocenters. The molecule has 0 aromatic rings. The molecule has 1 amide bonds. The van der Waals surface area contributed by atoms with Crippen molar-refractivity contribution in [2.75, 3.05) is 13.1 Å². The summed E-state index contributed by atoms with van der Waals surface area (Å²) in [5, 5.41) is 2.84. The van der Waals surface area contributed by atoms with E-state index in [4.69, 9.17) is 12.2 Å². The molecule has 0 aromatic heterocycles. The van der Waals surface area contributed by atoms with Gasteiger partial charge in [0.2, 0.25) is 5.91 Å². The lowest BCUT2D eigenvalue weighted by atomic mass is 10.0. The molecule has 0 rings (SSSR count). The van der Waals surface area contributed by atoms with Crippen LogP contribution in [0.15, 0.2) is 0 Å². The molecule has 0 saturated carbocycles. The van der Waals surface area contributed by atoms with Crippen LogP contribution >= 0.6 is 0 Å². The van der Waals surface area contributed by atoms with Crippen LogP contribution in [0.4, 0.5) is 0 Å². The lowest BCUT2D eigenvalue weighted by Gasteiger charge is -2.13. The van der Waals surface area contributed by atoms with E-state index in [-0.39, 0.29) is 11.8 Å². The Bertz CT molecular complexity index is 196. The Balaban J connectivity index is 3.65.